The van der Waals surface area contributed by atoms with Crippen LogP contribution in [-0.2, 0) is 0 Å². The maximum Gasteiger partial charge on any atom is 0.00931 e. The zero-order valence-electron chi connectivity index (χ0n) is 9.69. The lowest BCUT2D eigenvalue weighted by Crippen LogP contribution is -2.34. The summed E-state index contributed by atoms with van der Waals surface area (Å²) < 4.78 is 0. The number of hydrogen-bond acceptors (Lipinski definition) is 1. The topological polar surface area (TPSA) is 12.0 Å². The van der Waals surface area contributed by atoms with Crippen molar-refractivity contribution in [2.75, 3.05) is 6.54 Å². The number of nitrogens with one attached hydrogen (secondary N) is 1. The summed E-state index contributed by atoms with van der Waals surface area (Å²) in [7, 11) is 0. The molecule has 0 spiro atoms. The predicted molar refractivity (Wildman–Crippen MR) is 61.0 cm³/mol. The molecule has 0 heterocycles. The molecule has 1 nitrogen and oxygen atoms in total. The van der Waals surface area contributed by atoms with Gasteiger partial charge in [-0.1, -0.05) is 26.3 Å². The minimum Gasteiger partial charge on any atom is -0.314 e. The molecule has 0 aliphatic heterocycles. The smallest absolute Gasteiger partial charge is 0.00931 e. The first-order valence-corrected chi connectivity index (χ1v) is 5.45. The molecule has 0 saturated heterocycles. The molecule has 0 aliphatic carbocycles. The molecule has 0 fully saturated rings. The zero-order valence-corrected chi connectivity index (χ0v) is 9.69. The number of rotatable bonds is 7. The van der Waals surface area contributed by atoms with E-state index < -0.39 is 0 Å². The number of allylic oxidation sites excluding steroid dienone is 1. The molecule has 78 valence electrons. The van der Waals surface area contributed by atoms with Gasteiger partial charge in [0.2, 0.25) is 0 Å². The van der Waals surface area contributed by atoms with Gasteiger partial charge in [0.1, 0.15) is 0 Å². The van der Waals surface area contributed by atoms with E-state index in [0.717, 1.165) is 18.9 Å². The second-order valence-electron chi connectivity index (χ2n) is 4.30. The first-order chi connectivity index (χ1) is 6.07. The molecule has 0 aromatic heterocycles. The Balaban J connectivity index is 3.73. The molecular formula is C12H25N. The van der Waals surface area contributed by atoms with E-state index in [4.69, 9.17) is 0 Å². The fourth-order valence-corrected chi connectivity index (χ4v) is 1.40. The van der Waals surface area contributed by atoms with Crippen LogP contribution in [0.15, 0.2) is 12.2 Å². The van der Waals surface area contributed by atoms with Crippen molar-refractivity contribution in [2.24, 2.45) is 5.92 Å². The lowest BCUT2D eigenvalue weighted by atomic mass is 9.97. The van der Waals surface area contributed by atoms with Gasteiger partial charge in [0.05, 0.1) is 0 Å². The minimum absolute atomic E-state index is 0.664. The van der Waals surface area contributed by atoms with E-state index in [1.54, 1.807) is 0 Å². The second kappa shape index (κ2) is 7.14. The molecule has 0 aromatic carbocycles. The molecule has 0 radical (unpaired) electrons. The van der Waals surface area contributed by atoms with Crippen LogP contribution in [0.1, 0.15) is 47.0 Å². The summed E-state index contributed by atoms with van der Waals surface area (Å²) >= 11 is 0. The van der Waals surface area contributed by atoms with E-state index in [2.05, 4.69) is 39.6 Å². The summed E-state index contributed by atoms with van der Waals surface area (Å²) in [6, 6.07) is 0.664. The van der Waals surface area contributed by atoms with E-state index in [0.29, 0.717) is 6.04 Å². The quantitative estimate of drug-likeness (QED) is 0.597. The highest BCUT2D eigenvalue weighted by Gasteiger charge is 2.11. The van der Waals surface area contributed by atoms with Gasteiger partial charge < -0.3 is 5.32 Å². The Kier molecular flexibility index (Phi) is 6.97. The fraction of sp³-hybridized carbons (Fsp3) is 0.833. The summed E-state index contributed by atoms with van der Waals surface area (Å²) in [5.74, 6) is 0.728. The minimum atomic E-state index is 0.664. The Bertz CT molecular complexity index is 138. The van der Waals surface area contributed by atoms with Crippen LogP contribution in [-0.4, -0.2) is 12.6 Å². The van der Waals surface area contributed by atoms with Gasteiger partial charge in [-0.2, -0.15) is 0 Å². The van der Waals surface area contributed by atoms with E-state index in [-0.39, 0.29) is 0 Å². The Morgan fingerprint density at radius 1 is 1.38 bits per heavy atom. The third kappa shape index (κ3) is 6.83. The molecule has 13 heavy (non-hydrogen) atoms. The molecule has 0 rings (SSSR count). The van der Waals surface area contributed by atoms with Crippen molar-refractivity contribution >= 4 is 0 Å². The SMILES string of the molecule is C=C(C)CCC(NCCC)C(C)C. The Hall–Kier alpha value is -0.300. The summed E-state index contributed by atoms with van der Waals surface area (Å²) in [4.78, 5) is 0. The molecule has 1 heteroatoms. The van der Waals surface area contributed by atoms with Crippen LogP contribution in [0.3, 0.4) is 0 Å². The zero-order chi connectivity index (χ0) is 10.3. The van der Waals surface area contributed by atoms with Crippen LogP contribution < -0.4 is 5.32 Å². The fourth-order valence-electron chi connectivity index (χ4n) is 1.40. The largest absolute Gasteiger partial charge is 0.314 e. The normalized spacial score (nSPS) is 13.3. The molecule has 0 aliphatic rings. The highest BCUT2D eigenvalue weighted by molar-refractivity contribution is 4.89. The van der Waals surface area contributed by atoms with Gasteiger partial charge in [0.15, 0.2) is 0 Å². The molecule has 1 atom stereocenters. The maximum atomic E-state index is 3.94. The van der Waals surface area contributed by atoms with Crippen LogP contribution in [0.25, 0.3) is 0 Å². The van der Waals surface area contributed by atoms with Gasteiger partial charge in [-0.3, -0.25) is 0 Å². The molecule has 0 aromatic rings. The van der Waals surface area contributed by atoms with Gasteiger partial charge in [-0.25, -0.2) is 0 Å². The van der Waals surface area contributed by atoms with Crippen LogP contribution >= 0.6 is 0 Å². The Labute approximate surface area is 83.6 Å². The number of hydrogen-bond donors (Lipinski definition) is 1. The lowest BCUT2D eigenvalue weighted by Gasteiger charge is -2.22. The summed E-state index contributed by atoms with van der Waals surface area (Å²) in [5.41, 5.74) is 1.30. The van der Waals surface area contributed by atoms with Crippen molar-refractivity contribution in [1.29, 1.82) is 0 Å². The van der Waals surface area contributed by atoms with Crippen molar-refractivity contribution in [1.82, 2.24) is 5.32 Å². The van der Waals surface area contributed by atoms with Crippen molar-refractivity contribution in [3.05, 3.63) is 12.2 Å². The third-order valence-corrected chi connectivity index (χ3v) is 2.34. The van der Waals surface area contributed by atoms with Gasteiger partial charge in [-0.05, 0) is 38.6 Å². The van der Waals surface area contributed by atoms with E-state index in [1.165, 1.54) is 18.4 Å². The average Bonchev–Trinajstić information content (AvgIpc) is 2.03. The van der Waals surface area contributed by atoms with Crippen molar-refractivity contribution in [2.45, 2.75) is 53.0 Å². The molecule has 0 amide bonds. The van der Waals surface area contributed by atoms with Crippen LogP contribution in [0, 0.1) is 5.92 Å². The molecule has 1 unspecified atom stereocenters. The van der Waals surface area contributed by atoms with Crippen LogP contribution in [0.5, 0.6) is 0 Å². The van der Waals surface area contributed by atoms with Gasteiger partial charge in [0, 0.05) is 6.04 Å². The highest BCUT2D eigenvalue weighted by Crippen LogP contribution is 2.11. The van der Waals surface area contributed by atoms with Gasteiger partial charge in [-0.15, -0.1) is 6.58 Å². The molecule has 1 N–H and O–H groups in total. The second-order valence-corrected chi connectivity index (χ2v) is 4.30. The van der Waals surface area contributed by atoms with Gasteiger partial charge in [0.25, 0.3) is 0 Å². The lowest BCUT2D eigenvalue weighted by molar-refractivity contribution is 0.378. The summed E-state index contributed by atoms with van der Waals surface area (Å²) in [6.45, 7) is 14.0. The van der Waals surface area contributed by atoms with Gasteiger partial charge >= 0.3 is 0 Å². The van der Waals surface area contributed by atoms with Crippen molar-refractivity contribution in [3.8, 4) is 0 Å². The van der Waals surface area contributed by atoms with Crippen LogP contribution in [0.4, 0.5) is 0 Å². The van der Waals surface area contributed by atoms with E-state index >= 15 is 0 Å². The first-order valence-electron chi connectivity index (χ1n) is 5.45. The third-order valence-electron chi connectivity index (χ3n) is 2.34. The standard InChI is InChI=1S/C12H25N/c1-6-9-13-12(11(4)5)8-7-10(2)3/h11-13H,2,6-9H2,1,3-5H3. The van der Waals surface area contributed by atoms with Crippen molar-refractivity contribution in [3.63, 3.8) is 0 Å². The van der Waals surface area contributed by atoms with Crippen molar-refractivity contribution < 1.29 is 0 Å². The van der Waals surface area contributed by atoms with E-state index in [9.17, 15) is 0 Å². The Morgan fingerprint density at radius 3 is 2.38 bits per heavy atom. The van der Waals surface area contributed by atoms with E-state index in [1.807, 2.05) is 0 Å². The Morgan fingerprint density at radius 2 is 2.00 bits per heavy atom. The molecule has 0 bridgehead atoms. The monoisotopic (exact) mass is 183 g/mol. The first kappa shape index (κ1) is 12.7. The molecular weight excluding hydrogens is 158 g/mol. The van der Waals surface area contributed by atoms with Crippen LogP contribution in [0.2, 0.25) is 0 Å². The summed E-state index contributed by atoms with van der Waals surface area (Å²) in [6.07, 6.45) is 3.60. The predicted octanol–water partition coefficient (Wildman–Crippen LogP) is 3.37. The maximum absolute atomic E-state index is 3.94. The summed E-state index contributed by atoms with van der Waals surface area (Å²) in [5, 5.41) is 3.58. The highest BCUT2D eigenvalue weighted by atomic mass is 14.9. The average molecular weight is 183 g/mol. The molecule has 0 saturated carbocycles.